The Hall–Kier alpha value is -2.26. The Bertz CT molecular complexity index is 466. The number of carbonyl (C=O) groups is 1. The summed E-state index contributed by atoms with van der Waals surface area (Å²) in [5.41, 5.74) is 0.945. The summed E-state index contributed by atoms with van der Waals surface area (Å²) in [6.45, 7) is 1.84. The number of nitrogens with zero attached hydrogens (tertiary/aromatic N) is 1. The quantitative estimate of drug-likeness (QED) is 0.775. The molecule has 0 aliphatic heterocycles. The van der Waals surface area contributed by atoms with Gasteiger partial charge in [-0.1, -0.05) is 6.07 Å². The van der Waals surface area contributed by atoms with Gasteiger partial charge in [0.25, 0.3) is 5.91 Å². The molecule has 1 rings (SSSR count). The standard InChI is InChI=1S/C13H12N2O/c1-3-5-10(2)15-13(16)12-7-4-6-11(8-12)9-14/h1,4,6-8,10H,5H2,2H3,(H,15,16). The molecule has 1 N–H and O–H groups in total. The Morgan fingerprint density at radius 2 is 2.38 bits per heavy atom. The molecule has 1 aromatic rings. The fraction of sp³-hybridized carbons (Fsp3) is 0.231. The van der Waals surface area contributed by atoms with Gasteiger partial charge in [0.2, 0.25) is 0 Å². The lowest BCUT2D eigenvalue weighted by molar-refractivity contribution is 0.0941. The number of nitrogens with one attached hydrogen (secondary N) is 1. The van der Waals surface area contributed by atoms with Crippen molar-refractivity contribution in [2.45, 2.75) is 19.4 Å². The molecule has 1 unspecified atom stereocenters. The number of hydrogen-bond donors (Lipinski definition) is 1. The molecule has 0 aliphatic rings. The summed E-state index contributed by atoms with van der Waals surface area (Å²) in [5.74, 6) is 2.27. The highest BCUT2D eigenvalue weighted by molar-refractivity contribution is 5.94. The number of amides is 1. The highest BCUT2D eigenvalue weighted by Gasteiger charge is 2.08. The van der Waals surface area contributed by atoms with Crippen LogP contribution in [-0.4, -0.2) is 11.9 Å². The summed E-state index contributed by atoms with van der Waals surface area (Å²) in [4.78, 5) is 11.7. The minimum atomic E-state index is -0.208. The topological polar surface area (TPSA) is 52.9 Å². The predicted molar refractivity (Wildman–Crippen MR) is 61.5 cm³/mol. The van der Waals surface area contributed by atoms with E-state index in [1.165, 1.54) is 0 Å². The van der Waals surface area contributed by atoms with Crippen LogP contribution in [0.15, 0.2) is 24.3 Å². The third-order valence-electron chi connectivity index (χ3n) is 2.06. The van der Waals surface area contributed by atoms with Gasteiger partial charge in [0.05, 0.1) is 11.6 Å². The van der Waals surface area contributed by atoms with Crippen molar-refractivity contribution in [2.75, 3.05) is 0 Å². The van der Waals surface area contributed by atoms with Gasteiger partial charge in [0, 0.05) is 18.0 Å². The zero-order valence-electron chi connectivity index (χ0n) is 9.03. The first kappa shape index (κ1) is 11.8. The largest absolute Gasteiger partial charge is 0.349 e. The molecule has 80 valence electrons. The molecule has 1 atom stereocenters. The maximum absolute atomic E-state index is 11.7. The molecule has 0 aliphatic carbocycles. The lowest BCUT2D eigenvalue weighted by atomic mass is 10.1. The Balaban J connectivity index is 2.74. The molecule has 0 radical (unpaired) electrons. The van der Waals surface area contributed by atoms with Crippen molar-refractivity contribution in [1.82, 2.24) is 5.32 Å². The first-order valence-electron chi connectivity index (χ1n) is 4.92. The third-order valence-corrected chi connectivity index (χ3v) is 2.06. The number of benzene rings is 1. The van der Waals surface area contributed by atoms with E-state index in [-0.39, 0.29) is 11.9 Å². The molecule has 16 heavy (non-hydrogen) atoms. The van der Waals surface area contributed by atoms with Gasteiger partial charge in [0.15, 0.2) is 0 Å². The molecule has 3 nitrogen and oxygen atoms in total. The van der Waals surface area contributed by atoms with E-state index in [2.05, 4.69) is 11.2 Å². The van der Waals surface area contributed by atoms with Gasteiger partial charge in [-0.05, 0) is 25.1 Å². The van der Waals surface area contributed by atoms with Gasteiger partial charge in [-0.15, -0.1) is 12.3 Å². The molecule has 0 saturated carbocycles. The van der Waals surface area contributed by atoms with Crippen molar-refractivity contribution >= 4 is 5.91 Å². The molecule has 1 amide bonds. The van der Waals surface area contributed by atoms with Gasteiger partial charge >= 0.3 is 0 Å². The fourth-order valence-corrected chi connectivity index (χ4v) is 1.26. The van der Waals surface area contributed by atoms with Crippen LogP contribution in [0, 0.1) is 23.7 Å². The van der Waals surface area contributed by atoms with E-state index in [1.54, 1.807) is 24.3 Å². The SMILES string of the molecule is C#CCC(C)NC(=O)c1cccc(C#N)c1. The summed E-state index contributed by atoms with van der Waals surface area (Å²) < 4.78 is 0. The molecule has 0 heterocycles. The van der Waals surface area contributed by atoms with E-state index in [1.807, 2.05) is 13.0 Å². The Kier molecular flexibility index (Phi) is 4.12. The Morgan fingerprint density at radius 1 is 1.62 bits per heavy atom. The van der Waals surface area contributed by atoms with Gasteiger partial charge in [-0.25, -0.2) is 0 Å². The van der Waals surface area contributed by atoms with Crippen LogP contribution in [0.25, 0.3) is 0 Å². The fourth-order valence-electron chi connectivity index (χ4n) is 1.26. The third kappa shape index (κ3) is 3.15. The lowest BCUT2D eigenvalue weighted by Gasteiger charge is -2.10. The maximum atomic E-state index is 11.7. The lowest BCUT2D eigenvalue weighted by Crippen LogP contribution is -2.32. The van der Waals surface area contributed by atoms with E-state index in [0.717, 1.165) is 0 Å². The van der Waals surface area contributed by atoms with Crippen molar-refractivity contribution in [1.29, 1.82) is 5.26 Å². The number of carbonyl (C=O) groups excluding carboxylic acids is 1. The van der Waals surface area contributed by atoms with Crippen LogP contribution in [-0.2, 0) is 0 Å². The molecule has 0 spiro atoms. The molecular formula is C13H12N2O. The van der Waals surface area contributed by atoms with Crippen LogP contribution >= 0.6 is 0 Å². The summed E-state index contributed by atoms with van der Waals surface area (Å²) in [5, 5.41) is 11.5. The van der Waals surface area contributed by atoms with Crippen LogP contribution in [0.5, 0.6) is 0 Å². The second-order valence-corrected chi connectivity index (χ2v) is 3.48. The molecule has 0 bridgehead atoms. The van der Waals surface area contributed by atoms with E-state index < -0.39 is 0 Å². The predicted octanol–water partition coefficient (Wildman–Crippen LogP) is 1.70. The van der Waals surface area contributed by atoms with Gasteiger partial charge in [-0.3, -0.25) is 4.79 Å². The monoisotopic (exact) mass is 212 g/mol. The van der Waals surface area contributed by atoms with Crippen LogP contribution in [0.1, 0.15) is 29.3 Å². The molecular weight excluding hydrogens is 200 g/mol. The first-order chi connectivity index (χ1) is 7.67. The Morgan fingerprint density at radius 3 is 3.00 bits per heavy atom. The van der Waals surface area contributed by atoms with E-state index in [9.17, 15) is 4.79 Å². The van der Waals surface area contributed by atoms with E-state index in [0.29, 0.717) is 17.5 Å². The zero-order chi connectivity index (χ0) is 12.0. The maximum Gasteiger partial charge on any atom is 0.251 e. The average molecular weight is 212 g/mol. The highest BCUT2D eigenvalue weighted by Crippen LogP contribution is 2.04. The first-order valence-corrected chi connectivity index (χ1v) is 4.92. The smallest absolute Gasteiger partial charge is 0.251 e. The van der Waals surface area contributed by atoms with Crippen LogP contribution in [0.4, 0.5) is 0 Å². The van der Waals surface area contributed by atoms with Gasteiger partial charge in [0.1, 0.15) is 0 Å². The van der Waals surface area contributed by atoms with E-state index in [4.69, 9.17) is 11.7 Å². The second-order valence-electron chi connectivity index (χ2n) is 3.48. The average Bonchev–Trinajstić information content (AvgIpc) is 2.29. The zero-order valence-corrected chi connectivity index (χ0v) is 9.03. The summed E-state index contributed by atoms with van der Waals surface area (Å²) in [6, 6.07) is 8.48. The highest BCUT2D eigenvalue weighted by atomic mass is 16.1. The second kappa shape index (κ2) is 5.58. The number of terminal acetylenes is 1. The molecule has 0 aromatic heterocycles. The number of rotatable bonds is 3. The summed E-state index contributed by atoms with van der Waals surface area (Å²) >= 11 is 0. The van der Waals surface area contributed by atoms with Crippen LogP contribution < -0.4 is 5.32 Å². The molecule has 0 fully saturated rings. The van der Waals surface area contributed by atoms with Crippen LogP contribution in [0.3, 0.4) is 0 Å². The summed E-state index contributed by atoms with van der Waals surface area (Å²) in [6.07, 6.45) is 5.63. The van der Waals surface area contributed by atoms with Crippen molar-refractivity contribution in [2.24, 2.45) is 0 Å². The number of hydrogen-bond acceptors (Lipinski definition) is 2. The van der Waals surface area contributed by atoms with E-state index >= 15 is 0 Å². The summed E-state index contributed by atoms with van der Waals surface area (Å²) in [7, 11) is 0. The molecule has 1 aromatic carbocycles. The number of nitriles is 1. The van der Waals surface area contributed by atoms with Gasteiger partial charge < -0.3 is 5.32 Å². The minimum absolute atomic E-state index is 0.0664. The van der Waals surface area contributed by atoms with Crippen molar-refractivity contribution < 1.29 is 4.79 Å². The van der Waals surface area contributed by atoms with Crippen molar-refractivity contribution in [3.8, 4) is 18.4 Å². The molecule has 0 saturated heterocycles. The minimum Gasteiger partial charge on any atom is -0.349 e. The van der Waals surface area contributed by atoms with Crippen molar-refractivity contribution in [3.63, 3.8) is 0 Å². The normalized spacial score (nSPS) is 10.9. The van der Waals surface area contributed by atoms with Crippen LogP contribution in [0.2, 0.25) is 0 Å². The molecule has 3 heteroatoms. The Labute approximate surface area is 95.1 Å². The van der Waals surface area contributed by atoms with Crippen molar-refractivity contribution in [3.05, 3.63) is 35.4 Å². The van der Waals surface area contributed by atoms with Gasteiger partial charge in [-0.2, -0.15) is 5.26 Å².